The smallest absolute Gasteiger partial charge is 0.323 e. The van der Waals surface area contributed by atoms with Crippen molar-refractivity contribution in [1.29, 1.82) is 5.26 Å². The fourth-order valence-electron chi connectivity index (χ4n) is 1.18. The minimum Gasteiger partial charge on any atom is -0.789 e. The third-order valence-corrected chi connectivity index (χ3v) is 3.92. The van der Waals surface area contributed by atoms with Crippen LogP contribution in [0.4, 0.5) is 0 Å². The van der Waals surface area contributed by atoms with Crippen LogP contribution in [0.2, 0.25) is 0 Å². The predicted molar refractivity (Wildman–Crippen MR) is 70.7 cm³/mol. The summed E-state index contributed by atoms with van der Waals surface area (Å²) in [5.74, 6) is -1.24. The number of rotatable bonds is 9. The summed E-state index contributed by atoms with van der Waals surface area (Å²) in [7, 11) is 2.37. The van der Waals surface area contributed by atoms with Gasteiger partial charge < -0.3 is 18.9 Å². The molecule has 0 saturated heterocycles. The second kappa shape index (κ2) is 9.80. The van der Waals surface area contributed by atoms with E-state index in [2.05, 4.69) is 14.6 Å². The zero-order valence-corrected chi connectivity index (χ0v) is 12.9. The largest absolute Gasteiger partial charge is 0.789 e. The number of nitrogens with zero attached hydrogens (tertiary/aromatic N) is 1. The Bertz CT molecular complexity index is 424. The van der Waals surface area contributed by atoms with E-state index in [-0.39, 0.29) is 25.9 Å². The predicted octanol–water partition coefficient (Wildman–Crippen LogP) is -0.414. The lowest BCUT2D eigenvalue weighted by Crippen LogP contribution is -2.39. The van der Waals surface area contributed by atoms with Crippen molar-refractivity contribution in [2.24, 2.45) is 0 Å². The monoisotopic (exact) mass is 323 g/mol. The van der Waals surface area contributed by atoms with Crippen molar-refractivity contribution in [2.45, 2.75) is 25.3 Å². The Morgan fingerprint density at radius 3 is 2.60 bits per heavy atom. The first kappa shape index (κ1) is 19.0. The molecule has 0 aromatic carbocycles. The molecule has 0 spiro atoms. The van der Waals surface area contributed by atoms with E-state index in [1.807, 2.05) is 0 Å². The number of nitrogens with one attached hydrogen (secondary N) is 1. The molecule has 0 saturated carbocycles. The second-order valence-electron chi connectivity index (χ2n) is 3.56. The van der Waals surface area contributed by atoms with Crippen LogP contribution < -0.4 is 9.98 Å². The SMILES string of the molecule is COC(=O)CCC(NP([O-])(=S)OCCC#N)C(=O)OC. The summed E-state index contributed by atoms with van der Waals surface area (Å²) >= 11 is 4.70. The minimum absolute atomic E-state index is 0.00157. The molecular weight excluding hydrogens is 307 g/mol. The maximum atomic E-state index is 11.9. The van der Waals surface area contributed by atoms with Gasteiger partial charge >= 0.3 is 11.9 Å². The Hall–Kier alpha value is -1.04. The highest BCUT2D eigenvalue weighted by Crippen LogP contribution is 2.33. The van der Waals surface area contributed by atoms with Gasteiger partial charge in [0, 0.05) is 6.42 Å². The fraction of sp³-hybridized carbons (Fsp3) is 0.700. The van der Waals surface area contributed by atoms with E-state index in [0.717, 1.165) is 7.11 Å². The molecule has 0 aromatic rings. The number of hydrogen-bond acceptors (Lipinski definition) is 8. The van der Waals surface area contributed by atoms with Crippen molar-refractivity contribution in [3.8, 4) is 6.07 Å². The van der Waals surface area contributed by atoms with Gasteiger partial charge in [0.25, 0.3) is 0 Å². The molecule has 8 nitrogen and oxygen atoms in total. The van der Waals surface area contributed by atoms with Crippen LogP contribution in [-0.2, 0) is 35.4 Å². The van der Waals surface area contributed by atoms with Crippen LogP contribution in [0.1, 0.15) is 19.3 Å². The van der Waals surface area contributed by atoms with Gasteiger partial charge in [0.15, 0.2) is 0 Å². The first-order chi connectivity index (χ1) is 9.36. The lowest BCUT2D eigenvalue weighted by atomic mass is 10.2. The fourth-order valence-corrected chi connectivity index (χ4v) is 2.81. The third-order valence-electron chi connectivity index (χ3n) is 2.14. The lowest BCUT2D eigenvalue weighted by Gasteiger charge is -2.31. The topological polar surface area (TPSA) is 121 Å². The van der Waals surface area contributed by atoms with Gasteiger partial charge in [-0.3, -0.25) is 14.7 Å². The molecule has 0 fully saturated rings. The van der Waals surface area contributed by atoms with E-state index < -0.39 is 24.6 Å². The van der Waals surface area contributed by atoms with Gasteiger partial charge in [-0.05, 0) is 6.42 Å². The van der Waals surface area contributed by atoms with E-state index in [4.69, 9.17) is 21.6 Å². The van der Waals surface area contributed by atoms with Gasteiger partial charge in [0.2, 0.25) is 0 Å². The van der Waals surface area contributed by atoms with Gasteiger partial charge in [-0.25, -0.2) is 0 Å². The molecule has 10 heteroatoms. The Morgan fingerprint density at radius 1 is 1.45 bits per heavy atom. The standard InChI is InChI=1S/C10H17N2O6PS/c1-16-9(13)5-4-8(10(14)17-2)12-19(15,20)18-7-3-6-11/h8H,3-5,7H2,1-2H3,(H2,12,15,20)/p-1. The Kier molecular flexibility index (Phi) is 9.29. The summed E-state index contributed by atoms with van der Waals surface area (Å²) in [6.07, 6.45) is -0.0499. The van der Waals surface area contributed by atoms with Crippen molar-refractivity contribution in [1.82, 2.24) is 5.09 Å². The van der Waals surface area contributed by atoms with Crippen molar-refractivity contribution in [3.05, 3.63) is 0 Å². The van der Waals surface area contributed by atoms with Gasteiger partial charge in [-0.2, -0.15) is 5.26 Å². The Balaban J connectivity index is 4.55. The molecule has 2 unspecified atom stereocenters. The van der Waals surface area contributed by atoms with Crippen molar-refractivity contribution in [3.63, 3.8) is 0 Å². The summed E-state index contributed by atoms with van der Waals surface area (Å²) in [6, 6.07) is 0.751. The van der Waals surface area contributed by atoms with E-state index in [0.29, 0.717) is 0 Å². The van der Waals surface area contributed by atoms with E-state index in [1.165, 1.54) is 7.11 Å². The van der Waals surface area contributed by atoms with Crippen LogP contribution in [-0.4, -0.2) is 38.8 Å². The Morgan fingerprint density at radius 2 is 2.10 bits per heavy atom. The van der Waals surface area contributed by atoms with Crippen LogP contribution in [0, 0.1) is 11.3 Å². The van der Waals surface area contributed by atoms with Gasteiger partial charge in [-0.1, -0.05) is 11.8 Å². The van der Waals surface area contributed by atoms with E-state index in [9.17, 15) is 14.5 Å². The number of carbonyl (C=O) groups excluding carboxylic acids is 2. The average Bonchev–Trinajstić information content (AvgIpc) is 2.42. The van der Waals surface area contributed by atoms with Crippen LogP contribution in [0.15, 0.2) is 0 Å². The summed E-state index contributed by atoms with van der Waals surface area (Å²) in [5, 5.41) is 10.7. The highest BCUT2D eigenvalue weighted by atomic mass is 32.5. The molecular formula is C10H16N2O6PS-. The maximum Gasteiger partial charge on any atom is 0.323 e. The van der Waals surface area contributed by atoms with Gasteiger partial charge in [0.1, 0.15) is 6.04 Å². The third kappa shape index (κ3) is 8.19. The number of carbonyl (C=O) groups is 2. The molecule has 0 radical (unpaired) electrons. The van der Waals surface area contributed by atoms with Crippen molar-refractivity contribution >= 4 is 30.4 Å². The second-order valence-corrected chi connectivity index (χ2v) is 6.51. The van der Waals surface area contributed by atoms with Crippen LogP contribution in [0.5, 0.6) is 0 Å². The number of ether oxygens (including phenoxy) is 2. The number of hydrogen-bond donors (Lipinski definition) is 1. The number of esters is 2. The maximum absolute atomic E-state index is 11.9. The molecule has 20 heavy (non-hydrogen) atoms. The molecule has 0 aliphatic carbocycles. The molecule has 0 aliphatic heterocycles. The number of methoxy groups -OCH3 is 2. The highest BCUT2D eigenvalue weighted by molar-refractivity contribution is 8.07. The molecule has 0 rings (SSSR count). The van der Waals surface area contributed by atoms with Gasteiger partial charge in [0.05, 0.1) is 40.0 Å². The molecule has 1 N–H and O–H groups in total. The average molecular weight is 323 g/mol. The lowest BCUT2D eigenvalue weighted by molar-refractivity contribution is -0.187. The summed E-state index contributed by atoms with van der Waals surface area (Å²) in [6.45, 7) is -3.80. The molecule has 0 heterocycles. The van der Waals surface area contributed by atoms with Crippen molar-refractivity contribution < 1.29 is 28.5 Å². The summed E-state index contributed by atoms with van der Waals surface area (Å²) < 4.78 is 13.8. The van der Waals surface area contributed by atoms with Crippen LogP contribution in [0.3, 0.4) is 0 Å². The van der Waals surface area contributed by atoms with Gasteiger partial charge in [-0.15, -0.1) is 0 Å². The molecule has 2 atom stereocenters. The molecule has 0 bridgehead atoms. The number of nitriles is 1. The normalized spacial score (nSPS) is 14.7. The molecule has 114 valence electrons. The minimum atomic E-state index is -3.68. The Labute approximate surface area is 122 Å². The summed E-state index contributed by atoms with van der Waals surface area (Å²) in [4.78, 5) is 34.4. The van der Waals surface area contributed by atoms with E-state index in [1.54, 1.807) is 6.07 Å². The van der Waals surface area contributed by atoms with Crippen molar-refractivity contribution in [2.75, 3.05) is 20.8 Å². The molecule has 0 aromatic heterocycles. The van der Waals surface area contributed by atoms with Crippen LogP contribution in [0.25, 0.3) is 0 Å². The first-order valence-electron chi connectivity index (χ1n) is 5.61. The molecule has 0 aliphatic rings. The molecule has 0 amide bonds. The zero-order chi connectivity index (χ0) is 15.6. The van der Waals surface area contributed by atoms with E-state index >= 15 is 0 Å². The summed E-state index contributed by atoms with van der Waals surface area (Å²) in [5.41, 5.74) is 0. The zero-order valence-electron chi connectivity index (χ0n) is 11.2. The highest BCUT2D eigenvalue weighted by Gasteiger charge is 2.23. The van der Waals surface area contributed by atoms with Crippen LogP contribution >= 0.6 is 6.64 Å². The first-order valence-corrected chi connectivity index (χ1v) is 8.25. The quantitative estimate of drug-likeness (QED) is 0.343.